The van der Waals surface area contributed by atoms with Gasteiger partial charge in [0.2, 0.25) is 0 Å². The molecule has 2 aliphatic rings. The van der Waals surface area contributed by atoms with Crippen molar-refractivity contribution >= 4 is 15.9 Å². The van der Waals surface area contributed by atoms with Crippen LogP contribution in [0.5, 0.6) is 0 Å². The summed E-state index contributed by atoms with van der Waals surface area (Å²) in [6.45, 7) is 5.08. The number of nitrogens with one attached hydrogen (secondary N) is 1. The van der Waals surface area contributed by atoms with E-state index in [-0.39, 0.29) is 17.7 Å². The smallest absolute Gasteiger partial charge is 0.198 e. The van der Waals surface area contributed by atoms with Gasteiger partial charge < -0.3 is 32.0 Å². The van der Waals surface area contributed by atoms with Crippen LogP contribution in [-0.2, 0) is 9.47 Å². The van der Waals surface area contributed by atoms with Gasteiger partial charge in [-0.2, -0.15) is 0 Å². The van der Waals surface area contributed by atoms with Gasteiger partial charge in [-0.05, 0) is 78.8 Å². The zero-order valence-electron chi connectivity index (χ0n) is 15.6. The van der Waals surface area contributed by atoms with Crippen molar-refractivity contribution < 1.29 is 9.47 Å². The Morgan fingerprint density at radius 2 is 2.19 bits per heavy atom. The fourth-order valence-electron chi connectivity index (χ4n) is 3.67. The first-order chi connectivity index (χ1) is 12.4. The van der Waals surface area contributed by atoms with Crippen molar-refractivity contribution in [2.45, 2.75) is 50.8 Å². The number of halogens is 1. The molecule has 1 saturated carbocycles. The number of hydrogen-bond donors (Lipinski definition) is 4. The van der Waals surface area contributed by atoms with Gasteiger partial charge in [-0.3, -0.25) is 0 Å². The average molecular weight is 427 g/mol. The summed E-state index contributed by atoms with van der Waals surface area (Å²) >= 11 is 3.43. The van der Waals surface area contributed by atoms with Crippen LogP contribution in [-0.4, -0.2) is 30.9 Å². The van der Waals surface area contributed by atoms with Crippen molar-refractivity contribution in [3.8, 4) is 0 Å². The molecule has 0 saturated heterocycles. The third-order valence-electron chi connectivity index (χ3n) is 4.99. The predicted molar refractivity (Wildman–Crippen MR) is 109 cm³/mol. The predicted octanol–water partition coefficient (Wildman–Crippen LogP) is 2.33. The lowest BCUT2D eigenvalue weighted by molar-refractivity contribution is -0.00345. The van der Waals surface area contributed by atoms with Gasteiger partial charge in [-0.25, -0.2) is 0 Å². The van der Waals surface area contributed by atoms with Gasteiger partial charge in [0.15, 0.2) is 5.88 Å². The maximum Gasteiger partial charge on any atom is 0.198 e. The van der Waals surface area contributed by atoms with Crippen LogP contribution in [0.15, 0.2) is 46.6 Å². The zero-order chi connectivity index (χ0) is 19.2. The van der Waals surface area contributed by atoms with E-state index in [4.69, 9.17) is 26.7 Å². The van der Waals surface area contributed by atoms with E-state index in [2.05, 4.69) is 27.3 Å². The molecule has 1 aliphatic carbocycles. The Kier molecular flexibility index (Phi) is 7.61. The van der Waals surface area contributed by atoms with E-state index in [1.165, 1.54) is 6.20 Å². The molecule has 0 amide bonds. The normalized spacial score (nSPS) is 30.2. The van der Waals surface area contributed by atoms with Crippen LogP contribution < -0.4 is 22.5 Å². The molecule has 2 rings (SSSR count). The van der Waals surface area contributed by atoms with Gasteiger partial charge in [-0.1, -0.05) is 0 Å². The summed E-state index contributed by atoms with van der Waals surface area (Å²) in [5.41, 5.74) is 18.8. The molecule has 4 atom stereocenters. The Bertz CT molecular complexity index is 602. The van der Waals surface area contributed by atoms with Crippen LogP contribution in [0, 0.1) is 5.92 Å². The van der Waals surface area contributed by atoms with E-state index < -0.39 is 0 Å². The van der Waals surface area contributed by atoms with E-state index in [0.717, 1.165) is 24.8 Å². The highest BCUT2D eigenvalue weighted by atomic mass is 79.9. The van der Waals surface area contributed by atoms with Gasteiger partial charge in [0.25, 0.3) is 0 Å². The van der Waals surface area contributed by atoms with Crippen molar-refractivity contribution in [1.29, 1.82) is 0 Å². The lowest BCUT2D eigenvalue weighted by Gasteiger charge is -2.34. The van der Waals surface area contributed by atoms with Crippen LogP contribution in [0.1, 0.15) is 33.1 Å². The molecule has 6 nitrogen and oxygen atoms in total. The van der Waals surface area contributed by atoms with E-state index in [0.29, 0.717) is 29.5 Å². The van der Waals surface area contributed by atoms with Crippen molar-refractivity contribution in [3.63, 3.8) is 0 Å². The minimum Gasteiger partial charge on any atom is -0.478 e. The van der Waals surface area contributed by atoms with Gasteiger partial charge in [-0.15, -0.1) is 0 Å². The molecule has 1 spiro atoms. The maximum atomic E-state index is 6.40. The standard InChI is InChI=1S/C19H31BrN4O2/c1-3-25-17(14-11-19(6-8-24-19)12-16(14)22)5-9-26-18(23)15(20)10-13(2)4-7-21/h4,6-8,10,14,16-17,24H,3,5,9,11-12,21-23H2,1-2H3/b7-4-,13-10+,18-15-. The molecular weight excluding hydrogens is 396 g/mol. The van der Waals surface area contributed by atoms with Gasteiger partial charge >= 0.3 is 0 Å². The molecule has 0 aromatic heterocycles. The molecule has 0 aromatic carbocycles. The molecule has 1 heterocycles. The quantitative estimate of drug-likeness (QED) is 0.332. The summed E-state index contributed by atoms with van der Waals surface area (Å²) in [5.74, 6) is 0.655. The minimum absolute atomic E-state index is 0.0641. The monoisotopic (exact) mass is 426 g/mol. The third kappa shape index (κ3) is 5.28. The lowest BCUT2D eigenvalue weighted by atomic mass is 9.89. The van der Waals surface area contributed by atoms with Gasteiger partial charge in [0.1, 0.15) is 0 Å². The second-order valence-corrected chi connectivity index (χ2v) is 7.81. The fourth-order valence-corrected chi connectivity index (χ4v) is 4.14. The second-order valence-electron chi connectivity index (χ2n) is 6.96. The van der Waals surface area contributed by atoms with Crippen molar-refractivity contribution in [1.82, 2.24) is 5.32 Å². The Morgan fingerprint density at radius 3 is 2.73 bits per heavy atom. The van der Waals surface area contributed by atoms with Crippen molar-refractivity contribution in [2.24, 2.45) is 23.1 Å². The molecule has 0 radical (unpaired) electrons. The molecule has 4 unspecified atom stereocenters. The summed E-state index contributed by atoms with van der Waals surface area (Å²) < 4.78 is 12.4. The lowest BCUT2D eigenvalue weighted by Crippen LogP contribution is -2.45. The van der Waals surface area contributed by atoms with Crippen LogP contribution in [0.4, 0.5) is 0 Å². The molecule has 146 valence electrons. The van der Waals surface area contributed by atoms with Crippen LogP contribution in [0.3, 0.4) is 0 Å². The summed E-state index contributed by atoms with van der Waals surface area (Å²) in [5, 5.41) is 3.39. The van der Waals surface area contributed by atoms with E-state index in [1.807, 2.05) is 26.1 Å². The Balaban J connectivity index is 1.90. The number of allylic oxidation sites excluding steroid dienone is 4. The van der Waals surface area contributed by atoms with Crippen LogP contribution in [0.25, 0.3) is 0 Å². The molecule has 1 fully saturated rings. The summed E-state index contributed by atoms with van der Waals surface area (Å²) in [4.78, 5) is 0. The maximum absolute atomic E-state index is 6.40. The fraction of sp³-hybridized carbons (Fsp3) is 0.579. The first kappa shape index (κ1) is 20.9. The van der Waals surface area contributed by atoms with Crippen LogP contribution in [0.2, 0.25) is 0 Å². The first-order valence-corrected chi connectivity index (χ1v) is 9.87. The van der Waals surface area contributed by atoms with E-state index >= 15 is 0 Å². The number of ether oxygens (including phenoxy) is 2. The van der Waals surface area contributed by atoms with Crippen molar-refractivity contribution in [2.75, 3.05) is 13.2 Å². The average Bonchev–Trinajstić information content (AvgIpc) is 2.92. The van der Waals surface area contributed by atoms with E-state index in [9.17, 15) is 0 Å². The summed E-state index contributed by atoms with van der Waals surface area (Å²) in [6.07, 6.45) is 12.1. The molecule has 7 N–H and O–H groups in total. The number of hydrogen-bond acceptors (Lipinski definition) is 6. The largest absolute Gasteiger partial charge is 0.478 e. The summed E-state index contributed by atoms with van der Waals surface area (Å²) in [7, 11) is 0. The van der Waals surface area contributed by atoms with E-state index in [1.54, 1.807) is 6.08 Å². The highest BCUT2D eigenvalue weighted by Gasteiger charge is 2.47. The summed E-state index contributed by atoms with van der Waals surface area (Å²) in [6, 6.07) is 0.122. The van der Waals surface area contributed by atoms with Gasteiger partial charge in [0.05, 0.1) is 22.7 Å². The molecule has 7 heteroatoms. The number of rotatable bonds is 9. The molecule has 0 aromatic rings. The second kappa shape index (κ2) is 9.48. The molecule has 26 heavy (non-hydrogen) atoms. The highest BCUT2D eigenvalue weighted by Crippen LogP contribution is 2.41. The minimum atomic E-state index is 0.0641. The SMILES string of the molecule is CCOC(CCO/C(N)=C(Br)/C=C(C)/C=C\N)C1CC2(C=CN2)CC1N. The van der Waals surface area contributed by atoms with Gasteiger partial charge in [0, 0.05) is 25.0 Å². The topological polar surface area (TPSA) is 109 Å². The molecular formula is C19H31BrN4O2. The third-order valence-corrected chi connectivity index (χ3v) is 5.61. The molecule has 1 aliphatic heterocycles. The van der Waals surface area contributed by atoms with Crippen molar-refractivity contribution in [3.05, 3.63) is 46.6 Å². The molecule has 0 bridgehead atoms. The first-order valence-electron chi connectivity index (χ1n) is 9.08. The Morgan fingerprint density at radius 1 is 1.46 bits per heavy atom. The Labute approximate surface area is 164 Å². The number of nitrogens with two attached hydrogens (primary N) is 3. The van der Waals surface area contributed by atoms with Crippen LogP contribution >= 0.6 is 15.9 Å². The Hall–Kier alpha value is -1.44. The highest BCUT2D eigenvalue weighted by molar-refractivity contribution is 9.11. The zero-order valence-corrected chi connectivity index (χ0v) is 17.2.